The molecule has 2 aromatic rings. The van der Waals surface area contributed by atoms with Crippen LogP contribution in [0.3, 0.4) is 0 Å². The minimum atomic E-state index is -3.65. The number of carbonyl (C=O) groups is 1. The van der Waals surface area contributed by atoms with Crippen molar-refractivity contribution in [3.05, 3.63) is 24.0 Å². The first kappa shape index (κ1) is 20.8. The van der Waals surface area contributed by atoms with Crippen LogP contribution >= 0.6 is 0 Å². The monoisotopic (exact) mass is 436 g/mol. The average Bonchev–Trinajstić information content (AvgIpc) is 3.40. The third kappa shape index (κ3) is 3.58. The Bertz CT molecular complexity index is 1030. The van der Waals surface area contributed by atoms with Crippen molar-refractivity contribution in [3.63, 3.8) is 0 Å². The molecule has 164 valence electrons. The molecule has 0 spiro atoms. The zero-order valence-electron chi connectivity index (χ0n) is 17.6. The van der Waals surface area contributed by atoms with Crippen LogP contribution in [0.4, 0.5) is 4.79 Å². The maximum Gasteiger partial charge on any atom is 0.320 e. The van der Waals surface area contributed by atoms with Gasteiger partial charge in [0.2, 0.25) is 10.0 Å². The van der Waals surface area contributed by atoms with E-state index < -0.39 is 10.0 Å². The Hall–Kier alpha value is -2.47. The Morgan fingerprint density at radius 2 is 2.00 bits per heavy atom. The topological polar surface area (TPSA) is 109 Å². The molecule has 0 radical (unpaired) electrons. The highest BCUT2D eigenvalue weighted by Crippen LogP contribution is 2.32. The van der Waals surface area contributed by atoms with Gasteiger partial charge >= 0.3 is 6.03 Å². The Morgan fingerprint density at radius 1 is 1.20 bits per heavy atom. The van der Waals surface area contributed by atoms with Crippen LogP contribution in [0.5, 0.6) is 0 Å². The normalized spacial score (nSPS) is 20.2. The second-order valence-corrected chi connectivity index (χ2v) is 9.82. The molecule has 0 bridgehead atoms. The summed E-state index contributed by atoms with van der Waals surface area (Å²) in [5, 5.41) is 12.7. The maximum absolute atomic E-state index is 13.0. The van der Waals surface area contributed by atoms with Crippen molar-refractivity contribution < 1.29 is 13.2 Å². The van der Waals surface area contributed by atoms with E-state index in [1.807, 2.05) is 16.4 Å². The van der Waals surface area contributed by atoms with Crippen LogP contribution in [0, 0.1) is 0 Å². The van der Waals surface area contributed by atoms with E-state index in [2.05, 4.69) is 15.3 Å². The van der Waals surface area contributed by atoms with Crippen LogP contribution in [0.1, 0.15) is 43.9 Å². The van der Waals surface area contributed by atoms with E-state index in [0.717, 1.165) is 25.1 Å². The van der Waals surface area contributed by atoms with Crippen molar-refractivity contribution >= 4 is 16.1 Å². The van der Waals surface area contributed by atoms with Crippen molar-refractivity contribution in [2.24, 2.45) is 0 Å². The van der Waals surface area contributed by atoms with E-state index in [0.29, 0.717) is 32.0 Å². The van der Waals surface area contributed by atoms with Gasteiger partial charge in [-0.1, -0.05) is 0 Å². The van der Waals surface area contributed by atoms with E-state index in [4.69, 9.17) is 0 Å². The average molecular weight is 437 g/mol. The number of fused-ring (bicyclic) bond motifs is 1. The molecule has 1 atom stereocenters. The number of aromatic nitrogens is 5. The number of aryl methyl sites for hydroxylation is 1. The van der Waals surface area contributed by atoms with Gasteiger partial charge in [-0.05, 0) is 26.2 Å². The molecule has 0 aromatic carbocycles. The SMILES string of the molecule is CCn1cc(S(=O)(=O)N2CCn3c(nnc3C3CCCCN3C(=O)N(C)C)C2)cn1. The summed E-state index contributed by atoms with van der Waals surface area (Å²) in [6.07, 6.45) is 5.75. The summed E-state index contributed by atoms with van der Waals surface area (Å²) in [5.74, 6) is 1.35. The predicted octanol–water partition coefficient (Wildman–Crippen LogP) is 0.908. The number of likely N-dealkylation sites (tertiary alicyclic amines) is 1. The quantitative estimate of drug-likeness (QED) is 0.705. The third-order valence-corrected chi connectivity index (χ3v) is 7.55. The summed E-state index contributed by atoms with van der Waals surface area (Å²) in [6, 6.07) is -0.175. The smallest absolute Gasteiger partial charge is 0.320 e. The molecule has 1 saturated heterocycles. The van der Waals surface area contributed by atoms with Gasteiger partial charge in [0.05, 0.1) is 18.8 Å². The highest BCUT2D eigenvalue weighted by atomic mass is 32.2. The molecule has 2 aliphatic heterocycles. The first-order valence-electron chi connectivity index (χ1n) is 10.3. The number of piperidine rings is 1. The Morgan fingerprint density at radius 3 is 2.70 bits per heavy atom. The lowest BCUT2D eigenvalue weighted by Crippen LogP contribution is -2.45. The summed E-state index contributed by atoms with van der Waals surface area (Å²) in [7, 11) is -0.154. The van der Waals surface area contributed by atoms with Gasteiger partial charge in [0.1, 0.15) is 10.7 Å². The van der Waals surface area contributed by atoms with Crippen LogP contribution in [0.25, 0.3) is 0 Å². The van der Waals surface area contributed by atoms with Gasteiger partial charge in [-0.2, -0.15) is 9.40 Å². The van der Waals surface area contributed by atoms with Crippen LogP contribution in [0.15, 0.2) is 17.3 Å². The molecule has 0 aliphatic carbocycles. The Kier molecular flexibility index (Phi) is 5.53. The second kappa shape index (κ2) is 7.99. The molecule has 2 amide bonds. The molecule has 12 heteroatoms. The number of hydrogen-bond acceptors (Lipinski definition) is 6. The van der Waals surface area contributed by atoms with Gasteiger partial charge in [-0.15, -0.1) is 10.2 Å². The molecule has 2 aliphatic rings. The standard InChI is InChI=1S/C18H28N8O3S/c1-4-23-12-14(11-19-23)30(28,29)24-9-10-26-16(13-24)20-21-17(26)15-7-5-6-8-25(15)18(27)22(2)3/h11-12,15H,4-10,13H2,1-3H3. The third-order valence-electron chi connectivity index (χ3n) is 5.75. The van der Waals surface area contributed by atoms with E-state index in [-0.39, 0.29) is 23.5 Å². The van der Waals surface area contributed by atoms with Crippen molar-refractivity contribution in [2.75, 3.05) is 27.2 Å². The zero-order chi connectivity index (χ0) is 21.5. The first-order valence-corrected chi connectivity index (χ1v) is 11.7. The largest absolute Gasteiger partial charge is 0.331 e. The number of urea groups is 1. The fraction of sp³-hybridized carbons (Fsp3) is 0.667. The van der Waals surface area contributed by atoms with Crippen molar-refractivity contribution in [3.8, 4) is 0 Å². The number of amides is 2. The van der Waals surface area contributed by atoms with Gasteiger partial charge in [0.15, 0.2) is 5.82 Å². The predicted molar refractivity (Wildman–Crippen MR) is 108 cm³/mol. The van der Waals surface area contributed by atoms with Crippen molar-refractivity contribution in [1.82, 2.24) is 38.6 Å². The lowest BCUT2D eigenvalue weighted by molar-refractivity contribution is 0.123. The Labute approximate surface area is 176 Å². The van der Waals surface area contributed by atoms with E-state index in [1.54, 1.807) is 29.9 Å². The maximum atomic E-state index is 13.0. The van der Waals surface area contributed by atoms with Crippen molar-refractivity contribution in [2.45, 2.75) is 56.8 Å². The number of nitrogens with zero attached hydrogens (tertiary/aromatic N) is 8. The summed E-state index contributed by atoms with van der Waals surface area (Å²) in [5.41, 5.74) is 0. The molecule has 4 heterocycles. The lowest BCUT2D eigenvalue weighted by Gasteiger charge is -2.37. The van der Waals surface area contributed by atoms with Gasteiger partial charge < -0.3 is 14.4 Å². The summed E-state index contributed by atoms with van der Waals surface area (Å²) in [4.78, 5) is 16.3. The molecule has 30 heavy (non-hydrogen) atoms. The van der Waals surface area contributed by atoms with E-state index >= 15 is 0 Å². The van der Waals surface area contributed by atoms with Crippen molar-refractivity contribution in [1.29, 1.82) is 0 Å². The number of rotatable bonds is 4. The molecule has 0 saturated carbocycles. The molecule has 2 aromatic heterocycles. The van der Waals surface area contributed by atoms with Crippen LogP contribution in [0.2, 0.25) is 0 Å². The summed E-state index contributed by atoms with van der Waals surface area (Å²) in [6.45, 7) is 4.14. The van der Waals surface area contributed by atoms with Gasteiger partial charge in [-0.3, -0.25) is 4.68 Å². The molecule has 0 N–H and O–H groups in total. The molecular weight excluding hydrogens is 408 g/mol. The first-order chi connectivity index (χ1) is 14.3. The van der Waals surface area contributed by atoms with Gasteiger partial charge in [-0.25, -0.2) is 13.2 Å². The molecule has 1 fully saturated rings. The molecular formula is C18H28N8O3S. The number of hydrogen-bond donors (Lipinski definition) is 0. The van der Waals surface area contributed by atoms with Crippen LogP contribution in [-0.2, 0) is 29.7 Å². The molecule has 4 rings (SSSR count). The van der Waals surface area contributed by atoms with Crippen LogP contribution < -0.4 is 0 Å². The van der Waals surface area contributed by atoms with E-state index in [9.17, 15) is 13.2 Å². The van der Waals surface area contributed by atoms with E-state index in [1.165, 1.54) is 10.5 Å². The zero-order valence-corrected chi connectivity index (χ0v) is 18.4. The minimum Gasteiger partial charge on any atom is -0.331 e. The fourth-order valence-corrected chi connectivity index (χ4v) is 5.44. The second-order valence-electron chi connectivity index (χ2n) is 7.88. The number of sulfonamides is 1. The lowest BCUT2D eigenvalue weighted by atomic mass is 10.0. The van der Waals surface area contributed by atoms with Gasteiger partial charge in [0.25, 0.3) is 0 Å². The highest BCUT2D eigenvalue weighted by molar-refractivity contribution is 7.89. The fourth-order valence-electron chi connectivity index (χ4n) is 4.10. The number of carbonyl (C=O) groups excluding carboxylic acids is 1. The van der Waals surface area contributed by atoms with Gasteiger partial charge in [0, 0.05) is 46.5 Å². The summed E-state index contributed by atoms with van der Waals surface area (Å²) < 4.78 is 31.0. The summed E-state index contributed by atoms with van der Waals surface area (Å²) >= 11 is 0. The molecule has 11 nitrogen and oxygen atoms in total. The van der Waals surface area contributed by atoms with Crippen LogP contribution in [-0.4, -0.2) is 80.3 Å². The Balaban J connectivity index is 1.58. The minimum absolute atomic E-state index is 0.0370. The molecule has 1 unspecified atom stereocenters. The highest BCUT2D eigenvalue weighted by Gasteiger charge is 2.36.